The van der Waals surface area contributed by atoms with Gasteiger partial charge in [-0.1, -0.05) is 175 Å². The Bertz CT molecular complexity index is 2340. The molecule has 7 aromatic rings. The van der Waals surface area contributed by atoms with E-state index in [1.54, 1.807) is 20.7 Å². The summed E-state index contributed by atoms with van der Waals surface area (Å²) in [6, 6.07) is 65.2. The van der Waals surface area contributed by atoms with E-state index in [1.807, 2.05) is 11.8 Å². The summed E-state index contributed by atoms with van der Waals surface area (Å²) in [4.78, 5) is 5.34. The lowest BCUT2D eigenvalue weighted by Gasteiger charge is -2.47. The van der Waals surface area contributed by atoms with Gasteiger partial charge in [0.05, 0.1) is 11.4 Å². The highest BCUT2D eigenvalue weighted by Crippen LogP contribution is 2.51. The van der Waals surface area contributed by atoms with Crippen LogP contribution in [0.3, 0.4) is 0 Å². The summed E-state index contributed by atoms with van der Waals surface area (Å²) in [7, 11) is -4.56. The van der Waals surface area contributed by atoms with Crippen LogP contribution in [-0.4, -0.2) is 16.9 Å². The van der Waals surface area contributed by atoms with Crippen LogP contribution in [0.1, 0.15) is 25.0 Å². The summed E-state index contributed by atoms with van der Waals surface area (Å²) < 4.78 is 0. The Morgan fingerprint density at radius 3 is 1.65 bits per heavy atom. The van der Waals surface area contributed by atoms with Gasteiger partial charge >= 0.3 is 0 Å². The third-order valence-electron chi connectivity index (χ3n) is 11.3. The van der Waals surface area contributed by atoms with Crippen LogP contribution in [-0.2, 0) is 5.41 Å². The van der Waals surface area contributed by atoms with Gasteiger partial charge in [0.15, 0.2) is 8.07 Å². The molecule has 0 bridgehead atoms. The molecule has 234 valence electrons. The van der Waals surface area contributed by atoms with Crippen molar-refractivity contribution in [3.63, 3.8) is 0 Å². The summed E-state index contributed by atoms with van der Waals surface area (Å²) in [6.07, 6.45) is 0. The fourth-order valence-corrected chi connectivity index (χ4v) is 21.6. The smallest absolute Gasteiger partial charge is 0.181 e. The highest BCUT2D eigenvalue weighted by molar-refractivity contribution is 8.00. The van der Waals surface area contributed by atoms with Crippen LogP contribution in [0.5, 0.6) is 0 Å². The molecular formula is C45H35NSSi2. The van der Waals surface area contributed by atoms with Gasteiger partial charge in [-0.25, -0.2) is 0 Å². The number of nitrogens with zero attached hydrogens (tertiary/aromatic N) is 1. The lowest BCUT2D eigenvalue weighted by Crippen LogP contribution is -2.87. The van der Waals surface area contributed by atoms with Crippen LogP contribution in [0.2, 0.25) is 0 Å². The number of rotatable bonds is 2. The van der Waals surface area contributed by atoms with Crippen LogP contribution in [0.15, 0.2) is 180 Å². The third-order valence-corrected chi connectivity index (χ3v) is 21.6. The van der Waals surface area contributed by atoms with E-state index in [2.05, 4.69) is 189 Å². The van der Waals surface area contributed by atoms with E-state index in [0.717, 1.165) is 0 Å². The first-order valence-corrected chi connectivity index (χ1v) is 21.8. The van der Waals surface area contributed by atoms with Gasteiger partial charge in [-0.3, -0.25) is 0 Å². The number of hydrogen-bond acceptors (Lipinski definition) is 2. The Morgan fingerprint density at radius 2 is 1.00 bits per heavy atom. The zero-order valence-corrected chi connectivity index (χ0v) is 30.6. The van der Waals surface area contributed by atoms with Gasteiger partial charge in [-0.15, -0.1) is 0 Å². The number of benzene rings is 7. The summed E-state index contributed by atoms with van der Waals surface area (Å²) in [5.74, 6) is 0. The second-order valence-electron chi connectivity index (χ2n) is 14.0. The second-order valence-corrected chi connectivity index (χ2v) is 21.6. The molecule has 10 rings (SSSR count). The lowest BCUT2D eigenvalue weighted by molar-refractivity contribution is 0.632. The number of para-hydroxylation sites is 2. The largest absolute Gasteiger partial charge is 0.310 e. The molecule has 1 unspecified atom stereocenters. The summed E-state index contributed by atoms with van der Waals surface area (Å²) in [5.41, 5.74) is 6.42. The van der Waals surface area contributed by atoms with Gasteiger partial charge in [-0.05, 0) is 68.3 Å². The summed E-state index contributed by atoms with van der Waals surface area (Å²) in [5, 5.41) is 10.8. The van der Waals surface area contributed by atoms with Crippen LogP contribution in [0, 0.1) is 0 Å². The van der Waals surface area contributed by atoms with Crippen molar-refractivity contribution in [2.75, 3.05) is 4.90 Å². The normalized spacial score (nSPS) is 17.2. The second kappa shape index (κ2) is 10.8. The fourth-order valence-electron chi connectivity index (χ4n) is 9.19. The van der Waals surface area contributed by atoms with Crippen molar-refractivity contribution in [3.8, 4) is 0 Å². The quantitative estimate of drug-likeness (QED) is 0.201. The molecule has 0 aliphatic carbocycles. The molecule has 0 N–H and O–H groups in total. The summed E-state index contributed by atoms with van der Waals surface area (Å²) >= 11 is 1.95. The third kappa shape index (κ3) is 3.99. The first kappa shape index (κ1) is 29.1. The maximum absolute atomic E-state index is 2.75. The molecular weight excluding hydrogens is 643 g/mol. The van der Waals surface area contributed by atoms with Crippen molar-refractivity contribution in [1.29, 1.82) is 0 Å². The van der Waals surface area contributed by atoms with Crippen molar-refractivity contribution in [1.82, 2.24) is 0 Å². The van der Waals surface area contributed by atoms with Crippen molar-refractivity contribution >= 4 is 82.0 Å². The Labute approximate surface area is 295 Å². The average molecular weight is 678 g/mol. The SMILES string of the molecule is CC1(C)c2ccccc2N(c2ccc3c(c2)[Si]2(c4ccccc4Sc4ccccc42)c2ccccc2[SiH]3c2ccccc2)c2ccccc21. The molecule has 0 aromatic heterocycles. The van der Waals surface area contributed by atoms with Gasteiger partial charge in [0.25, 0.3) is 0 Å². The first-order chi connectivity index (χ1) is 24.1. The Balaban J connectivity index is 1.34. The molecule has 7 aromatic carbocycles. The molecule has 3 aliphatic rings. The fraction of sp³-hybridized carbons (Fsp3) is 0.0667. The monoisotopic (exact) mass is 677 g/mol. The van der Waals surface area contributed by atoms with E-state index in [-0.39, 0.29) is 5.41 Å². The standard InChI is InChI=1S/C45H35NSSi2/c1-45(2)33-18-6-8-20-35(33)46(36-21-9-7-19-34(36)45)31-28-29-40-44(30-31)49(41-25-13-10-22-37(41)47-38-23-11-14-26-42(38)49)43-27-15-12-24-39(43)48(40)32-16-4-3-5-17-32/h3-30,48H,1-2H3. The topological polar surface area (TPSA) is 3.24 Å². The van der Waals surface area contributed by atoms with Crippen LogP contribution in [0.25, 0.3) is 0 Å². The maximum Gasteiger partial charge on any atom is 0.181 e. The molecule has 49 heavy (non-hydrogen) atoms. The average Bonchev–Trinajstić information content (AvgIpc) is 3.15. The maximum atomic E-state index is 2.63. The van der Waals surface area contributed by atoms with E-state index in [4.69, 9.17) is 0 Å². The van der Waals surface area contributed by atoms with Gasteiger partial charge in [-0.2, -0.15) is 0 Å². The zero-order valence-electron chi connectivity index (χ0n) is 27.6. The predicted molar refractivity (Wildman–Crippen MR) is 213 cm³/mol. The molecule has 3 aliphatic heterocycles. The molecule has 3 heterocycles. The van der Waals surface area contributed by atoms with Crippen LogP contribution >= 0.6 is 11.8 Å². The predicted octanol–water partition coefficient (Wildman–Crippen LogP) is 6.20. The van der Waals surface area contributed by atoms with Crippen LogP contribution < -0.4 is 41.2 Å². The van der Waals surface area contributed by atoms with E-state index in [9.17, 15) is 0 Å². The molecule has 1 spiro atoms. The van der Waals surface area contributed by atoms with Gasteiger partial charge < -0.3 is 4.90 Å². The molecule has 0 radical (unpaired) electrons. The minimum atomic E-state index is -2.75. The Morgan fingerprint density at radius 1 is 0.490 bits per heavy atom. The van der Waals surface area contributed by atoms with Gasteiger partial charge in [0.1, 0.15) is 8.80 Å². The van der Waals surface area contributed by atoms with Crippen molar-refractivity contribution in [2.24, 2.45) is 0 Å². The molecule has 4 heteroatoms. The van der Waals surface area contributed by atoms with E-state index >= 15 is 0 Å². The van der Waals surface area contributed by atoms with Crippen LogP contribution in [0.4, 0.5) is 17.1 Å². The highest BCUT2D eigenvalue weighted by Gasteiger charge is 2.53. The minimum absolute atomic E-state index is 0.101. The zero-order chi connectivity index (χ0) is 32.7. The minimum Gasteiger partial charge on any atom is -0.310 e. The highest BCUT2D eigenvalue weighted by atomic mass is 32.2. The number of anilines is 3. The van der Waals surface area contributed by atoms with E-state index < -0.39 is 16.9 Å². The Hall–Kier alpha value is -4.88. The molecule has 0 saturated carbocycles. The van der Waals surface area contributed by atoms with Gasteiger partial charge in [0, 0.05) is 20.9 Å². The molecule has 1 atom stereocenters. The first-order valence-electron chi connectivity index (χ1n) is 17.2. The van der Waals surface area contributed by atoms with Crippen molar-refractivity contribution < 1.29 is 0 Å². The lowest BCUT2D eigenvalue weighted by atomic mass is 9.73. The molecule has 0 amide bonds. The number of hydrogen-bond donors (Lipinski definition) is 0. The molecule has 1 nitrogen and oxygen atoms in total. The van der Waals surface area contributed by atoms with Gasteiger partial charge in [0.2, 0.25) is 0 Å². The summed E-state index contributed by atoms with van der Waals surface area (Å²) in [6.45, 7) is 4.74. The van der Waals surface area contributed by atoms with Crippen molar-refractivity contribution in [3.05, 3.63) is 181 Å². The molecule has 0 saturated heterocycles. The van der Waals surface area contributed by atoms with E-state index in [0.29, 0.717) is 0 Å². The van der Waals surface area contributed by atoms with E-state index in [1.165, 1.54) is 53.5 Å². The van der Waals surface area contributed by atoms with Crippen molar-refractivity contribution in [2.45, 2.75) is 29.1 Å². The number of fused-ring (bicyclic) bond motifs is 10. The Kier molecular flexibility index (Phi) is 6.42. The molecule has 0 fully saturated rings.